The molecule has 5 heterocycles. The summed E-state index contributed by atoms with van der Waals surface area (Å²) in [6.07, 6.45) is -3.01. The van der Waals surface area contributed by atoms with Gasteiger partial charge >= 0.3 is 6.18 Å². The van der Waals surface area contributed by atoms with Gasteiger partial charge in [-0.25, -0.2) is 15.0 Å². The van der Waals surface area contributed by atoms with Gasteiger partial charge in [0.2, 0.25) is 0 Å². The molecule has 13 heteroatoms. The molecule has 6 rings (SSSR count). The molecule has 1 atom stereocenters. The van der Waals surface area contributed by atoms with Crippen molar-refractivity contribution < 1.29 is 13.2 Å². The smallest absolute Gasteiger partial charge is 0.370 e. The van der Waals surface area contributed by atoms with Crippen molar-refractivity contribution in [2.24, 2.45) is 17.4 Å². The summed E-state index contributed by atoms with van der Waals surface area (Å²) in [5.41, 5.74) is 13.3. The van der Waals surface area contributed by atoms with Crippen LogP contribution in [0.2, 0.25) is 5.02 Å². The highest BCUT2D eigenvalue weighted by atomic mass is 35.5. The van der Waals surface area contributed by atoms with E-state index in [0.29, 0.717) is 70.2 Å². The number of rotatable bonds is 6. The SMILES string of the molecule is CCc1[nH]c2nc(Sc3ccc4c(N5CC(CN)C5)cc(C(F)(F)F)nc4c3)nc(N3CC[C@H](N)C3)c2c1Cl. The average Bonchev–Trinajstić information content (AvgIpc) is 3.44. The van der Waals surface area contributed by atoms with Gasteiger partial charge in [0.1, 0.15) is 17.2 Å². The molecule has 0 saturated carbocycles. The molecular weight excluding hydrogens is 549 g/mol. The van der Waals surface area contributed by atoms with Gasteiger partial charge in [0.05, 0.1) is 15.9 Å². The second-order valence-electron chi connectivity index (χ2n) is 10.1. The fourth-order valence-corrected chi connectivity index (χ4v) is 6.39. The number of aryl methyl sites for hydroxylation is 1. The normalized spacial score (nSPS) is 18.5. The summed E-state index contributed by atoms with van der Waals surface area (Å²) in [5, 5.41) is 2.48. The minimum absolute atomic E-state index is 0.0459. The molecule has 0 radical (unpaired) electrons. The standard InChI is InChI=1S/C26H28ClF3N8S/c1-2-17-22(27)21-23(34-17)35-25(36-24(21)37-6-5-14(32)12-37)39-15-3-4-16-18(7-15)33-20(26(28,29)30)8-19(16)38-10-13(9-31)11-38/h3-4,7-8,13-14H,2,5-6,9-12,31-32H2,1H3,(H,34,35,36)/t14-/m0/s1. The molecule has 0 unspecified atom stereocenters. The number of fused-ring (bicyclic) bond motifs is 2. The highest BCUT2D eigenvalue weighted by Gasteiger charge is 2.35. The molecule has 206 valence electrons. The summed E-state index contributed by atoms with van der Waals surface area (Å²) in [4.78, 5) is 21.6. The van der Waals surface area contributed by atoms with E-state index >= 15 is 0 Å². The van der Waals surface area contributed by atoms with E-state index in [1.54, 1.807) is 6.07 Å². The van der Waals surface area contributed by atoms with Crippen LogP contribution in [0, 0.1) is 5.92 Å². The first-order valence-corrected chi connectivity index (χ1v) is 14.1. The van der Waals surface area contributed by atoms with Crippen LogP contribution in [-0.4, -0.2) is 58.7 Å². The van der Waals surface area contributed by atoms with Gasteiger partial charge in [0.15, 0.2) is 5.16 Å². The lowest BCUT2D eigenvalue weighted by atomic mass is 9.98. The van der Waals surface area contributed by atoms with Crippen molar-refractivity contribution in [3.05, 3.63) is 40.7 Å². The van der Waals surface area contributed by atoms with E-state index in [2.05, 4.69) is 14.9 Å². The van der Waals surface area contributed by atoms with Crippen molar-refractivity contribution in [2.75, 3.05) is 42.5 Å². The fourth-order valence-electron chi connectivity index (χ4n) is 5.25. The zero-order valence-corrected chi connectivity index (χ0v) is 22.8. The summed E-state index contributed by atoms with van der Waals surface area (Å²) in [6.45, 7) is 5.17. The first-order valence-electron chi connectivity index (χ1n) is 12.9. The number of nitrogens with zero attached hydrogens (tertiary/aromatic N) is 5. The molecule has 8 nitrogen and oxygen atoms in total. The van der Waals surface area contributed by atoms with Crippen molar-refractivity contribution in [2.45, 2.75) is 42.0 Å². The Labute approximate surface area is 232 Å². The first kappa shape index (κ1) is 26.4. The molecule has 0 bridgehead atoms. The summed E-state index contributed by atoms with van der Waals surface area (Å²) in [6, 6.07) is 6.52. The molecular formula is C26H28ClF3N8S. The highest BCUT2D eigenvalue weighted by molar-refractivity contribution is 7.99. The number of halogens is 4. The number of nitrogens with two attached hydrogens (primary N) is 2. The lowest BCUT2D eigenvalue weighted by Gasteiger charge is -2.41. The number of aromatic amines is 1. The minimum Gasteiger partial charge on any atom is -0.370 e. The molecule has 3 aromatic heterocycles. The molecule has 39 heavy (non-hydrogen) atoms. The van der Waals surface area contributed by atoms with Crippen molar-refractivity contribution in [1.82, 2.24) is 19.9 Å². The molecule has 4 aromatic rings. The molecule has 0 spiro atoms. The number of benzene rings is 1. The van der Waals surface area contributed by atoms with Gasteiger partial charge in [-0.05, 0) is 55.4 Å². The van der Waals surface area contributed by atoms with E-state index in [1.165, 1.54) is 11.8 Å². The Bertz CT molecular complexity index is 1550. The zero-order valence-electron chi connectivity index (χ0n) is 21.2. The Balaban J connectivity index is 1.40. The fraction of sp³-hybridized carbons (Fsp3) is 0.423. The number of hydrogen-bond acceptors (Lipinski definition) is 8. The van der Waals surface area contributed by atoms with Gasteiger partial charge in [-0.2, -0.15) is 13.2 Å². The number of nitrogens with one attached hydrogen (secondary N) is 1. The summed E-state index contributed by atoms with van der Waals surface area (Å²) >= 11 is 7.97. The summed E-state index contributed by atoms with van der Waals surface area (Å²) in [5.74, 6) is 0.989. The second-order valence-corrected chi connectivity index (χ2v) is 11.6. The van der Waals surface area contributed by atoms with E-state index in [9.17, 15) is 13.2 Å². The molecule has 0 aliphatic carbocycles. The Morgan fingerprint density at radius 2 is 1.92 bits per heavy atom. The van der Waals surface area contributed by atoms with Gasteiger partial charge in [-0.3, -0.25) is 0 Å². The minimum atomic E-state index is -4.56. The molecule has 5 N–H and O–H groups in total. The highest BCUT2D eigenvalue weighted by Crippen LogP contribution is 2.40. The Morgan fingerprint density at radius 3 is 2.59 bits per heavy atom. The lowest BCUT2D eigenvalue weighted by molar-refractivity contribution is -0.140. The van der Waals surface area contributed by atoms with Crippen molar-refractivity contribution in [3.8, 4) is 0 Å². The van der Waals surface area contributed by atoms with E-state index in [1.807, 2.05) is 24.0 Å². The van der Waals surface area contributed by atoms with Crippen molar-refractivity contribution in [1.29, 1.82) is 0 Å². The predicted molar refractivity (Wildman–Crippen MR) is 149 cm³/mol. The van der Waals surface area contributed by atoms with Gasteiger partial charge in [-0.1, -0.05) is 18.5 Å². The summed E-state index contributed by atoms with van der Waals surface area (Å²) < 4.78 is 41.2. The van der Waals surface area contributed by atoms with Crippen LogP contribution in [0.3, 0.4) is 0 Å². The van der Waals surface area contributed by atoms with Crippen LogP contribution < -0.4 is 21.3 Å². The van der Waals surface area contributed by atoms with Crippen molar-refractivity contribution >= 4 is 56.8 Å². The third-order valence-electron chi connectivity index (χ3n) is 7.39. The van der Waals surface area contributed by atoms with Crippen LogP contribution >= 0.6 is 23.4 Å². The van der Waals surface area contributed by atoms with Gasteiger partial charge in [-0.15, -0.1) is 0 Å². The number of hydrogen-bond donors (Lipinski definition) is 3. The van der Waals surface area contributed by atoms with Crippen LogP contribution in [0.25, 0.3) is 21.9 Å². The van der Waals surface area contributed by atoms with Crippen LogP contribution in [0.4, 0.5) is 24.7 Å². The third kappa shape index (κ3) is 4.88. The quantitative estimate of drug-likeness (QED) is 0.280. The zero-order chi connectivity index (χ0) is 27.5. The van der Waals surface area contributed by atoms with E-state index in [4.69, 9.17) is 33.0 Å². The average molecular weight is 577 g/mol. The lowest BCUT2D eigenvalue weighted by Crippen LogP contribution is -2.50. The molecule has 2 aliphatic rings. The third-order valence-corrected chi connectivity index (χ3v) is 8.66. The number of pyridine rings is 1. The summed E-state index contributed by atoms with van der Waals surface area (Å²) in [7, 11) is 0. The molecule has 2 aliphatic heterocycles. The first-order chi connectivity index (χ1) is 18.6. The van der Waals surface area contributed by atoms with Crippen LogP contribution in [0.1, 0.15) is 24.7 Å². The maximum atomic E-state index is 13.7. The largest absolute Gasteiger partial charge is 0.433 e. The van der Waals surface area contributed by atoms with Gasteiger partial charge < -0.3 is 26.3 Å². The van der Waals surface area contributed by atoms with Crippen LogP contribution in [-0.2, 0) is 12.6 Å². The van der Waals surface area contributed by atoms with Gasteiger partial charge in [0, 0.05) is 59.8 Å². The topological polar surface area (TPSA) is 113 Å². The molecule has 1 aromatic carbocycles. The molecule has 0 amide bonds. The number of H-pyrrole nitrogens is 1. The number of anilines is 2. The monoisotopic (exact) mass is 576 g/mol. The Morgan fingerprint density at radius 1 is 1.13 bits per heavy atom. The van der Waals surface area contributed by atoms with Gasteiger partial charge in [0.25, 0.3) is 0 Å². The number of alkyl halides is 3. The molecule has 2 fully saturated rings. The van der Waals surface area contributed by atoms with Crippen LogP contribution in [0.5, 0.6) is 0 Å². The number of aromatic nitrogens is 4. The van der Waals surface area contributed by atoms with E-state index < -0.39 is 11.9 Å². The predicted octanol–water partition coefficient (Wildman–Crippen LogP) is 4.82. The molecule has 2 saturated heterocycles. The second kappa shape index (κ2) is 9.99. The maximum Gasteiger partial charge on any atom is 0.433 e. The van der Waals surface area contributed by atoms with Crippen molar-refractivity contribution in [3.63, 3.8) is 0 Å². The van der Waals surface area contributed by atoms with E-state index in [-0.39, 0.29) is 17.5 Å². The Hall–Kier alpha value is -2.80. The van der Waals surface area contributed by atoms with Crippen LogP contribution in [0.15, 0.2) is 34.3 Å². The van der Waals surface area contributed by atoms with E-state index in [0.717, 1.165) is 30.1 Å². The Kier molecular flexibility index (Phi) is 6.77. The maximum absolute atomic E-state index is 13.7.